The molecule has 1 aromatic rings. The summed E-state index contributed by atoms with van der Waals surface area (Å²) in [6.07, 6.45) is 4.81. The fourth-order valence-corrected chi connectivity index (χ4v) is 2.90. The first-order valence-electron chi connectivity index (χ1n) is 5.95. The number of aromatic nitrogens is 2. The molecule has 98 valence electrons. The third kappa shape index (κ3) is 5.10. The van der Waals surface area contributed by atoms with E-state index in [0.717, 1.165) is 12.2 Å². The highest BCUT2D eigenvalue weighted by Gasteiger charge is 2.23. The maximum absolute atomic E-state index is 9.45. The van der Waals surface area contributed by atoms with Crippen molar-refractivity contribution in [1.29, 1.82) is 0 Å². The number of aliphatic hydroxyl groups is 1. The van der Waals surface area contributed by atoms with Crippen molar-refractivity contribution in [2.45, 2.75) is 43.7 Å². The van der Waals surface area contributed by atoms with Crippen LogP contribution in [0.2, 0.25) is 0 Å². The van der Waals surface area contributed by atoms with E-state index in [-0.39, 0.29) is 12.1 Å². The Hall–Kier alpha value is -0.520. The predicted molar refractivity (Wildman–Crippen MR) is 72.3 cm³/mol. The molecule has 17 heavy (non-hydrogen) atoms. The lowest BCUT2D eigenvalue weighted by Crippen LogP contribution is -2.49. The molecule has 1 aromatic heterocycles. The van der Waals surface area contributed by atoms with Crippen molar-refractivity contribution >= 4 is 11.8 Å². The summed E-state index contributed by atoms with van der Waals surface area (Å²) in [7, 11) is 1.92. The Labute approximate surface area is 108 Å². The minimum Gasteiger partial charge on any atom is -0.394 e. The molecule has 0 fully saturated rings. The summed E-state index contributed by atoms with van der Waals surface area (Å²) in [6.45, 7) is 6.43. The van der Waals surface area contributed by atoms with Crippen molar-refractivity contribution < 1.29 is 5.11 Å². The van der Waals surface area contributed by atoms with E-state index in [1.165, 1.54) is 4.90 Å². The fraction of sp³-hybridized carbons (Fsp3) is 0.750. The Morgan fingerprint density at radius 1 is 1.59 bits per heavy atom. The number of hydrogen-bond donors (Lipinski definition) is 2. The van der Waals surface area contributed by atoms with Gasteiger partial charge in [-0.3, -0.25) is 4.68 Å². The Balaban J connectivity index is 2.37. The van der Waals surface area contributed by atoms with Gasteiger partial charge in [0.2, 0.25) is 0 Å². The van der Waals surface area contributed by atoms with E-state index < -0.39 is 0 Å². The molecule has 1 heterocycles. The van der Waals surface area contributed by atoms with Gasteiger partial charge in [-0.25, -0.2) is 0 Å². The van der Waals surface area contributed by atoms with Crippen molar-refractivity contribution in [1.82, 2.24) is 15.1 Å². The van der Waals surface area contributed by atoms with Gasteiger partial charge in [-0.2, -0.15) is 5.10 Å². The van der Waals surface area contributed by atoms with Gasteiger partial charge in [0.1, 0.15) is 0 Å². The number of thioether (sulfide) groups is 1. The summed E-state index contributed by atoms with van der Waals surface area (Å²) in [5, 5.41) is 17.0. The molecule has 1 atom stereocenters. The summed E-state index contributed by atoms with van der Waals surface area (Å²) >= 11 is 1.78. The van der Waals surface area contributed by atoms with Gasteiger partial charge in [0.15, 0.2) is 0 Å². The Kier molecular flexibility index (Phi) is 5.49. The number of hydrogen-bond acceptors (Lipinski definition) is 4. The molecule has 0 aromatic carbocycles. The Morgan fingerprint density at radius 3 is 2.76 bits per heavy atom. The zero-order valence-corrected chi connectivity index (χ0v) is 11.9. The highest BCUT2D eigenvalue weighted by atomic mass is 32.2. The number of nitrogens with zero attached hydrogens (tertiary/aromatic N) is 2. The minimum absolute atomic E-state index is 0.165. The first kappa shape index (κ1) is 14.5. The quantitative estimate of drug-likeness (QED) is 0.729. The lowest BCUT2D eigenvalue weighted by atomic mass is 9.99. The van der Waals surface area contributed by atoms with Gasteiger partial charge in [0.25, 0.3) is 0 Å². The third-order valence-corrected chi connectivity index (χ3v) is 3.54. The normalized spacial score (nSPS) is 15.2. The largest absolute Gasteiger partial charge is 0.394 e. The van der Waals surface area contributed by atoms with Crippen LogP contribution < -0.4 is 5.32 Å². The van der Waals surface area contributed by atoms with Crippen LogP contribution >= 0.6 is 11.8 Å². The highest BCUT2D eigenvalue weighted by Crippen LogP contribution is 2.21. The van der Waals surface area contributed by atoms with E-state index in [9.17, 15) is 5.11 Å². The zero-order valence-electron chi connectivity index (χ0n) is 11.1. The molecule has 0 saturated heterocycles. The highest BCUT2D eigenvalue weighted by molar-refractivity contribution is 7.99. The van der Waals surface area contributed by atoms with E-state index >= 15 is 0 Å². The summed E-state index contributed by atoms with van der Waals surface area (Å²) in [4.78, 5) is 1.18. The van der Waals surface area contributed by atoms with Crippen LogP contribution in [0.4, 0.5) is 0 Å². The smallest absolute Gasteiger partial charge is 0.0625 e. The monoisotopic (exact) mass is 257 g/mol. The second-order valence-corrected chi connectivity index (χ2v) is 6.13. The molecule has 2 N–H and O–H groups in total. The molecule has 4 nitrogen and oxygen atoms in total. The second-order valence-electron chi connectivity index (χ2n) is 4.97. The summed E-state index contributed by atoms with van der Waals surface area (Å²) < 4.78 is 1.81. The predicted octanol–water partition coefficient (Wildman–Crippen LogP) is 1.65. The van der Waals surface area contributed by atoms with Crippen LogP contribution in [-0.4, -0.2) is 38.8 Å². The van der Waals surface area contributed by atoms with Gasteiger partial charge in [0, 0.05) is 29.7 Å². The fourth-order valence-electron chi connectivity index (χ4n) is 1.76. The average Bonchev–Trinajstić information content (AvgIpc) is 2.63. The molecule has 5 heteroatoms. The van der Waals surface area contributed by atoms with Gasteiger partial charge in [-0.1, -0.05) is 13.8 Å². The standard InChI is InChI=1S/C12H23N3OS/c1-10(2)14-12(3,9-16)5-6-17-11-7-13-15(4)8-11/h7-8,10,14,16H,5-6,9H2,1-4H3. The number of nitrogens with one attached hydrogen (secondary N) is 1. The zero-order chi connectivity index (χ0) is 12.9. The molecule has 0 radical (unpaired) electrons. The van der Waals surface area contributed by atoms with E-state index in [1.54, 1.807) is 16.4 Å². The van der Waals surface area contributed by atoms with Gasteiger partial charge < -0.3 is 10.4 Å². The molecule has 0 bridgehead atoms. The van der Waals surface area contributed by atoms with Crippen molar-refractivity contribution in [3.63, 3.8) is 0 Å². The van der Waals surface area contributed by atoms with Crippen LogP contribution in [-0.2, 0) is 7.05 Å². The minimum atomic E-state index is -0.191. The van der Waals surface area contributed by atoms with Crippen molar-refractivity contribution in [2.75, 3.05) is 12.4 Å². The first-order valence-corrected chi connectivity index (χ1v) is 6.94. The Morgan fingerprint density at radius 2 is 2.29 bits per heavy atom. The van der Waals surface area contributed by atoms with Crippen molar-refractivity contribution in [3.05, 3.63) is 12.4 Å². The first-order chi connectivity index (χ1) is 7.95. The topological polar surface area (TPSA) is 50.1 Å². The molecule has 0 saturated carbocycles. The molecule has 0 spiro atoms. The van der Waals surface area contributed by atoms with Crippen LogP contribution in [0.5, 0.6) is 0 Å². The molecule has 0 amide bonds. The molecule has 0 aliphatic carbocycles. The van der Waals surface area contributed by atoms with Crippen molar-refractivity contribution in [2.24, 2.45) is 7.05 Å². The SMILES string of the molecule is CC(C)NC(C)(CO)CCSc1cnn(C)c1. The van der Waals surface area contributed by atoms with Crippen molar-refractivity contribution in [3.8, 4) is 0 Å². The van der Waals surface area contributed by atoms with E-state index in [1.807, 2.05) is 19.4 Å². The van der Waals surface area contributed by atoms with Gasteiger partial charge in [0.05, 0.1) is 12.8 Å². The summed E-state index contributed by atoms with van der Waals surface area (Å²) in [6, 6.07) is 0.385. The van der Waals surface area contributed by atoms with E-state index in [4.69, 9.17) is 0 Å². The number of aliphatic hydroxyl groups excluding tert-OH is 1. The molecule has 1 rings (SSSR count). The lowest BCUT2D eigenvalue weighted by molar-refractivity contribution is 0.162. The lowest BCUT2D eigenvalue weighted by Gasteiger charge is -2.31. The maximum atomic E-state index is 9.45. The third-order valence-electron chi connectivity index (χ3n) is 2.59. The molecule has 0 aliphatic rings. The maximum Gasteiger partial charge on any atom is 0.0625 e. The molecular formula is C12H23N3OS. The molecule has 0 aliphatic heterocycles. The van der Waals surface area contributed by atoms with E-state index in [2.05, 4.69) is 31.2 Å². The molecule has 1 unspecified atom stereocenters. The number of rotatable bonds is 7. The van der Waals surface area contributed by atoms with Crippen LogP contribution in [0.3, 0.4) is 0 Å². The van der Waals surface area contributed by atoms with E-state index in [0.29, 0.717) is 6.04 Å². The van der Waals surface area contributed by atoms with Gasteiger partial charge in [-0.05, 0) is 19.1 Å². The number of aryl methyl sites for hydroxylation is 1. The average molecular weight is 257 g/mol. The van der Waals surface area contributed by atoms with Gasteiger partial charge >= 0.3 is 0 Å². The molecular weight excluding hydrogens is 234 g/mol. The van der Waals surface area contributed by atoms with Crippen LogP contribution in [0.15, 0.2) is 17.3 Å². The Bertz CT molecular complexity index is 340. The van der Waals surface area contributed by atoms with Crippen LogP contribution in [0.1, 0.15) is 27.2 Å². The van der Waals surface area contributed by atoms with Crippen LogP contribution in [0, 0.1) is 0 Å². The summed E-state index contributed by atoms with van der Waals surface area (Å²) in [5.74, 6) is 0.975. The van der Waals surface area contributed by atoms with Crippen LogP contribution in [0.25, 0.3) is 0 Å². The summed E-state index contributed by atoms with van der Waals surface area (Å²) in [5.41, 5.74) is -0.191. The second kappa shape index (κ2) is 6.42. The van der Waals surface area contributed by atoms with Gasteiger partial charge in [-0.15, -0.1) is 11.8 Å².